The van der Waals surface area contributed by atoms with Gasteiger partial charge in [0.2, 0.25) is 11.8 Å². The third kappa shape index (κ3) is 3.54. The molecule has 0 N–H and O–H groups in total. The molecule has 8 nitrogen and oxygen atoms in total. The Labute approximate surface area is 151 Å². The molecule has 0 amide bonds. The van der Waals surface area contributed by atoms with E-state index in [1.807, 2.05) is 43.6 Å². The summed E-state index contributed by atoms with van der Waals surface area (Å²) in [5.41, 5.74) is 1.73. The van der Waals surface area contributed by atoms with Gasteiger partial charge in [0, 0.05) is 30.9 Å². The van der Waals surface area contributed by atoms with Crippen LogP contribution >= 0.6 is 0 Å². The highest BCUT2D eigenvalue weighted by Gasteiger charge is 2.33. The van der Waals surface area contributed by atoms with Crippen LogP contribution < -0.4 is 0 Å². The maximum atomic E-state index is 12.1. The smallest absolute Gasteiger partial charge is 0.247 e. The zero-order valence-electron chi connectivity index (χ0n) is 14.3. The monoisotopic (exact) mass is 373 g/mol. The molecule has 0 radical (unpaired) electrons. The molecule has 0 aliphatic carbocycles. The van der Waals surface area contributed by atoms with Gasteiger partial charge in [-0.3, -0.25) is 9.58 Å². The summed E-state index contributed by atoms with van der Waals surface area (Å²) < 4.78 is 31.7. The van der Waals surface area contributed by atoms with Gasteiger partial charge in [0.05, 0.1) is 30.3 Å². The Morgan fingerprint density at radius 3 is 2.77 bits per heavy atom. The molecule has 1 saturated heterocycles. The van der Waals surface area contributed by atoms with Crippen molar-refractivity contribution < 1.29 is 12.8 Å². The Morgan fingerprint density at radius 2 is 2.04 bits per heavy atom. The second kappa shape index (κ2) is 6.65. The Hall–Kier alpha value is -2.52. The standard InChI is InChI=1S/C17H19N5O3S/c1-21-10-14(9-18-21)15-12-26(23,24)8-7-22(15)11-16-19-20-17(25-16)13-5-3-2-4-6-13/h2-6,9-10,15H,7-8,11-12H2,1H3. The molecule has 3 heterocycles. The predicted octanol–water partition coefficient (Wildman–Crippen LogP) is 1.44. The fourth-order valence-electron chi connectivity index (χ4n) is 3.14. The molecule has 9 heteroatoms. The van der Waals surface area contributed by atoms with E-state index in [9.17, 15) is 8.42 Å². The van der Waals surface area contributed by atoms with Gasteiger partial charge >= 0.3 is 0 Å². The second-order valence-corrected chi connectivity index (χ2v) is 8.64. The molecule has 1 fully saturated rings. The van der Waals surface area contributed by atoms with Crippen LogP contribution in [0.3, 0.4) is 0 Å². The first-order valence-electron chi connectivity index (χ1n) is 8.31. The van der Waals surface area contributed by atoms with Gasteiger partial charge in [-0.25, -0.2) is 8.42 Å². The molecule has 136 valence electrons. The van der Waals surface area contributed by atoms with Gasteiger partial charge in [-0.15, -0.1) is 10.2 Å². The third-order valence-electron chi connectivity index (χ3n) is 4.48. The van der Waals surface area contributed by atoms with E-state index in [0.29, 0.717) is 24.9 Å². The summed E-state index contributed by atoms with van der Waals surface area (Å²) in [5.74, 6) is 1.13. The van der Waals surface area contributed by atoms with Crippen LogP contribution in [0.1, 0.15) is 17.5 Å². The first-order chi connectivity index (χ1) is 12.5. The zero-order valence-corrected chi connectivity index (χ0v) is 15.1. The van der Waals surface area contributed by atoms with Gasteiger partial charge in [0.15, 0.2) is 9.84 Å². The molecule has 3 aromatic rings. The topological polar surface area (TPSA) is 94.1 Å². The first-order valence-corrected chi connectivity index (χ1v) is 10.1. The van der Waals surface area contributed by atoms with E-state index >= 15 is 0 Å². The van der Waals surface area contributed by atoms with Crippen molar-refractivity contribution in [2.75, 3.05) is 18.1 Å². The minimum atomic E-state index is -3.08. The Bertz CT molecular complexity index is 996. The summed E-state index contributed by atoms with van der Waals surface area (Å²) in [6, 6.07) is 9.29. The minimum absolute atomic E-state index is 0.0678. The van der Waals surface area contributed by atoms with Gasteiger partial charge in [-0.2, -0.15) is 5.10 Å². The molecule has 0 saturated carbocycles. The molecule has 1 aliphatic heterocycles. The molecule has 1 aromatic carbocycles. The maximum Gasteiger partial charge on any atom is 0.247 e. The normalized spacial score (nSPS) is 20.3. The highest BCUT2D eigenvalue weighted by atomic mass is 32.2. The second-order valence-electron chi connectivity index (χ2n) is 6.41. The van der Waals surface area contributed by atoms with Crippen molar-refractivity contribution in [1.82, 2.24) is 24.9 Å². The lowest BCUT2D eigenvalue weighted by Crippen LogP contribution is -2.42. The SMILES string of the molecule is Cn1cc(C2CS(=O)(=O)CCN2Cc2nnc(-c3ccccc3)o2)cn1. The van der Waals surface area contributed by atoms with Crippen LogP contribution in [0.4, 0.5) is 0 Å². The quantitative estimate of drug-likeness (QED) is 0.683. The van der Waals surface area contributed by atoms with E-state index in [2.05, 4.69) is 20.2 Å². The molecule has 0 spiro atoms. The number of sulfone groups is 1. The van der Waals surface area contributed by atoms with Crippen molar-refractivity contribution in [1.29, 1.82) is 0 Å². The van der Waals surface area contributed by atoms with Gasteiger partial charge in [0.1, 0.15) is 0 Å². The molecule has 26 heavy (non-hydrogen) atoms. The molecule has 2 aromatic heterocycles. The summed E-state index contributed by atoms with van der Waals surface area (Å²) in [4.78, 5) is 2.06. The van der Waals surface area contributed by atoms with Crippen LogP contribution in [-0.2, 0) is 23.4 Å². The van der Waals surface area contributed by atoms with Crippen LogP contribution in [0.2, 0.25) is 0 Å². The Kier molecular flexibility index (Phi) is 4.33. The Morgan fingerprint density at radius 1 is 1.23 bits per heavy atom. The van der Waals surface area contributed by atoms with E-state index < -0.39 is 9.84 Å². The van der Waals surface area contributed by atoms with Gasteiger partial charge in [-0.05, 0) is 12.1 Å². The van der Waals surface area contributed by atoms with Gasteiger partial charge < -0.3 is 4.42 Å². The summed E-state index contributed by atoms with van der Waals surface area (Å²) >= 11 is 0. The fraction of sp³-hybridized carbons (Fsp3) is 0.353. The van der Waals surface area contributed by atoms with E-state index in [0.717, 1.165) is 11.1 Å². The molecule has 1 atom stereocenters. The largest absolute Gasteiger partial charge is 0.419 e. The van der Waals surface area contributed by atoms with Crippen LogP contribution in [-0.4, -0.2) is 51.3 Å². The van der Waals surface area contributed by atoms with Crippen LogP contribution in [0.15, 0.2) is 47.1 Å². The third-order valence-corrected chi connectivity index (χ3v) is 6.11. The van der Waals surface area contributed by atoms with Crippen LogP contribution in [0.25, 0.3) is 11.5 Å². The van der Waals surface area contributed by atoms with Gasteiger partial charge in [0.25, 0.3) is 0 Å². The molecule has 1 unspecified atom stereocenters. The molecular formula is C17H19N5O3S. The number of aryl methyl sites for hydroxylation is 1. The van der Waals surface area contributed by atoms with Crippen LogP contribution in [0.5, 0.6) is 0 Å². The predicted molar refractivity (Wildman–Crippen MR) is 94.7 cm³/mol. The van der Waals surface area contributed by atoms with E-state index in [1.54, 1.807) is 10.9 Å². The lowest BCUT2D eigenvalue weighted by Gasteiger charge is -2.33. The van der Waals surface area contributed by atoms with E-state index in [4.69, 9.17) is 4.42 Å². The van der Waals surface area contributed by atoms with Crippen LogP contribution in [0, 0.1) is 0 Å². The highest BCUT2D eigenvalue weighted by Crippen LogP contribution is 2.28. The molecule has 4 rings (SSSR count). The average Bonchev–Trinajstić information content (AvgIpc) is 3.26. The minimum Gasteiger partial charge on any atom is -0.419 e. The number of hydrogen-bond acceptors (Lipinski definition) is 7. The number of benzene rings is 1. The molecule has 0 bridgehead atoms. The van der Waals surface area contributed by atoms with Crippen molar-refractivity contribution >= 4 is 9.84 Å². The maximum absolute atomic E-state index is 12.1. The summed E-state index contributed by atoms with van der Waals surface area (Å²) in [5, 5.41) is 12.4. The summed E-state index contributed by atoms with van der Waals surface area (Å²) in [6.07, 6.45) is 3.56. The summed E-state index contributed by atoms with van der Waals surface area (Å²) in [6.45, 7) is 0.819. The lowest BCUT2D eigenvalue weighted by molar-refractivity contribution is 0.187. The van der Waals surface area contributed by atoms with E-state index in [-0.39, 0.29) is 17.5 Å². The van der Waals surface area contributed by atoms with Crippen molar-refractivity contribution in [2.24, 2.45) is 7.05 Å². The van der Waals surface area contributed by atoms with Crippen molar-refractivity contribution in [2.45, 2.75) is 12.6 Å². The fourth-order valence-corrected chi connectivity index (χ4v) is 4.70. The van der Waals surface area contributed by atoms with Crippen molar-refractivity contribution in [3.8, 4) is 11.5 Å². The molecule has 1 aliphatic rings. The van der Waals surface area contributed by atoms with E-state index in [1.165, 1.54) is 0 Å². The molecular weight excluding hydrogens is 354 g/mol. The number of hydrogen-bond donors (Lipinski definition) is 0. The Balaban J connectivity index is 1.57. The number of nitrogens with zero attached hydrogens (tertiary/aromatic N) is 5. The van der Waals surface area contributed by atoms with Gasteiger partial charge in [-0.1, -0.05) is 18.2 Å². The number of rotatable bonds is 4. The van der Waals surface area contributed by atoms with Crippen molar-refractivity contribution in [3.63, 3.8) is 0 Å². The lowest BCUT2D eigenvalue weighted by atomic mass is 10.1. The van der Waals surface area contributed by atoms with Crippen molar-refractivity contribution in [3.05, 3.63) is 54.2 Å². The zero-order chi connectivity index (χ0) is 18.1. The first kappa shape index (κ1) is 16.9. The average molecular weight is 373 g/mol. The summed E-state index contributed by atoms with van der Waals surface area (Å²) in [7, 11) is -1.26. The number of aromatic nitrogens is 4. The highest BCUT2D eigenvalue weighted by molar-refractivity contribution is 7.91.